The number of halogens is 1. The molecule has 21 heavy (non-hydrogen) atoms. The maximum atomic E-state index is 12.8. The molecule has 110 valence electrons. The molecule has 1 heterocycles. The average molecular weight is 289 g/mol. The number of aliphatic hydroxyl groups excluding tert-OH is 1. The van der Waals surface area contributed by atoms with Gasteiger partial charge in [0.25, 0.3) is 0 Å². The van der Waals surface area contributed by atoms with Gasteiger partial charge in [-0.25, -0.2) is 4.39 Å². The molecule has 1 aromatic heterocycles. The zero-order valence-corrected chi connectivity index (χ0v) is 11.5. The van der Waals surface area contributed by atoms with E-state index in [1.165, 1.54) is 30.3 Å². The minimum absolute atomic E-state index is 0.0476. The maximum absolute atomic E-state index is 12.8. The lowest BCUT2D eigenvalue weighted by molar-refractivity contribution is -0.116. The lowest BCUT2D eigenvalue weighted by atomic mass is 10.1. The SMILES string of the molecule is Cc1ccc(/C=C/C(=O)NCC(O)c2ccc(F)cc2)o1. The van der Waals surface area contributed by atoms with Gasteiger partial charge < -0.3 is 14.8 Å². The van der Waals surface area contributed by atoms with Gasteiger partial charge in [0.15, 0.2) is 0 Å². The number of furan rings is 1. The van der Waals surface area contributed by atoms with Crippen LogP contribution in [0.25, 0.3) is 6.08 Å². The van der Waals surface area contributed by atoms with Crippen LogP contribution in [0, 0.1) is 12.7 Å². The summed E-state index contributed by atoms with van der Waals surface area (Å²) in [6.07, 6.45) is 2.00. The van der Waals surface area contributed by atoms with E-state index in [9.17, 15) is 14.3 Å². The van der Waals surface area contributed by atoms with Crippen molar-refractivity contribution < 1.29 is 18.7 Å². The summed E-state index contributed by atoms with van der Waals surface area (Å²) in [5, 5.41) is 12.4. The van der Waals surface area contributed by atoms with E-state index in [0.29, 0.717) is 11.3 Å². The Bertz CT molecular complexity index is 631. The minimum Gasteiger partial charge on any atom is -0.462 e. The molecule has 0 aliphatic carbocycles. The lowest BCUT2D eigenvalue weighted by Crippen LogP contribution is -2.26. The summed E-state index contributed by atoms with van der Waals surface area (Å²) in [6, 6.07) is 9.04. The monoisotopic (exact) mass is 289 g/mol. The number of hydrogen-bond donors (Lipinski definition) is 2. The van der Waals surface area contributed by atoms with E-state index in [2.05, 4.69) is 5.32 Å². The van der Waals surface area contributed by atoms with Gasteiger partial charge in [-0.05, 0) is 42.8 Å². The lowest BCUT2D eigenvalue weighted by Gasteiger charge is -2.11. The molecule has 0 fully saturated rings. The average Bonchev–Trinajstić information content (AvgIpc) is 2.89. The van der Waals surface area contributed by atoms with Crippen molar-refractivity contribution in [2.75, 3.05) is 6.54 Å². The number of hydrogen-bond acceptors (Lipinski definition) is 3. The molecule has 0 aliphatic rings. The van der Waals surface area contributed by atoms with Gasteiger partial charge in [-0.15, -0.1) is 0 Å². The summed E-state index contributed by atoms with van der Waals surface area (Å²) >= 11 is 0. The van der Waals surface area contributed by atoms with Gasteiger partial charge in [0, 0.05) is 12.6 Å². The van der Waals surface area contributed by atoms with Crippen molar-refractivity contribution in [2.24, 2.45) is 0 Å². The van der Waals surface area contributed by atoms with Crippen LogP contribution in [0.2, 0.25) is 0 Å². The summed E-state index contributed by atoms with van der Waals surface area (Å²) in [6.45, 7) is 1.86. The van der Waals surface area contributed by atoms with Crippen LogP contribution >= 0.6 is 0 Å². The van der Waals surface area contributed by atoms with Crippen molar-refractivity contribution >= 4 is 12.0 Å². The molecule has 4 nitrogen and oxygen atoms in total. The first-order valence-corrected chi connectivity index (χ1v) is 6.50. The van der Waals surface area contributed by atoms with Crippen LogP contribution < -0.4 is 5.32 Å². The first-order chi connectivity index (χ1) is 10.0. The van der Waals surface area contributed by atoms with E-state index in [1.54, 1.807) is 18.2 Å². The number of carbonyl (C=O) groups is 1. The molecule has 5 heteroatoms. The molecule has 2 aromatic rings. The van der Waals surface area contributed by atoms with Crippen molar-refractivity contribution in [2.45, 2.75) is 13.0 Å². The minimum atomic E-state index is -0.881. The molecule has 2 N–H and O–H groups in total. The molecule has 2 rings (SSSR count). The second-order valence-corrected chi connectivity index (χ2v) is 4.59. The predicted octanol–water partition coefficient (Wildman–Crippen LogP) is 2.59. The third-order valence-corrected chi connectivity index (χ3v) is 2.88. The van der Waals surface area contributed by atoms with Gasteiger partial charge in [-0.3, -0.25) is 4.79 Å². The number of rotatable bonds is 5. The van der Waals surface area contributed by atoms with Gasteiger partial charge in [0.2, 0.25) is 5.91 Å². The second kappa shape index (κ2) is 6.85. The Labute approximate surface area is 121 Å². The Balaban J connectivity index is 1.83. The molecule has 1 aromatic carbocycles. The van der Waals surface area contributed by atoms with Crippen LogP contribution in [0.15, 0.2) is 46.9 Å². The molecule has 0 aliphatic heterocycles. The molecule has 0 spiro atoms. The topological polar surface area (TPSA) is 62.5 Å². The van der Waals surface area contributed by atoms with Crippen LogP contribution in [0.4, 0.5) is 4.39 Å². The maximum Gasteiger partial charge on any atom is 0.244 e. The van der Waals surface area contributed by atoms with Crippen LogP contribution in [0.5, 0.6) is 0 Å². The molecule has 0 saturated heterocycles. The van der Waals surface area contributed by atoms with Gasteiger partial charge >= 0.3 is 0 Å². The third-order valence-electron chi connectivity index (χ3n) is 2.88. The molecule has 0 radical (unpaired) electrons. The molecule has 1 atom stereocenters. The van der Waals surface area contributed by atoms with Crippen molar-refractivity contribution in [1.29, 1.82) is 0 Å². The first kappa shape index (κ1) is 15.0. The van der Waals surface area contributed by atoms with Crippen LogP contribution in [0.1, 0.15) is 23.2 Å². The highest BCUT2D eigenvalue weighted by molar-refractivity contribution is 5.91. The standard InChI is InChI=1S/C16H16FNO3/c1-11-2-7-14(21-11)8-9-16(20)18-10-15(19)12-3-5-13(17)6-4-12/h2-9,15,19H,10H2,1H3,(H,18,20)/b9-8+. The summed E-state index contributed by atoms with van der Waals surface area (Å²) in [7, 11) is 0. The molecule has 0 saturated carbocycles. The largest absolute Gasteiger partial charge is 0.462 e. The zero-order chi connectivity index (χ0) is 15.2. The fourth-order valence-electron chi connectivity index (χ4n) is 1.76. The van der Waals surface area contributed by atoms with Crippen LogP contribution in [-0.2, 0) is 4.79 Å². The van der Waals surface area contributed by atoms with E-state index >= 15 is 0 Å². The Hall–Kier alpha value is -2.40. The van der Waals surface area contributed by atoms with Crippen molar-refractivity contribution in [3.63, 3.8) is 0 Å². The fourth-order valence-corrected chi connectivity index (χ4v) is 1.76. The number of carbonyl (C=O) groups excluding carboxylic acids is 1. The van der Waals surface area contributed by atoms with E-state index in [1.807, 2.05) is 6.92 Å². The summed E-state index contributed by atoms with van der Waals surface area (Å²) in [5.74, 6) is 0.639. The van der Waals surface area contributed by atoms with Crippen LogP contribution in [0.3, 0.4) is 0 Å². The number of aryl methyl sites for hydroxylation is 1. The highest BCUT2D eigenvalue weighted by Crippen LogP contribution is 2.12. The van der Waals surface area contributed by atoms with Crippen LogP contribution in [-0.4, -0.2) is 17.6 Å². The third kappa shape index (κ3) is 4.57. The summed E-state index contributed by atoms with van der Waals surface area (Å²) in [5.41, 5.74) is 0.544. The number of nitrogens with one attached hydrogen (secondary N) is 1. The fraction of sp³-hybridized carbons (Fsp3) is 0.188. The summed E-state index contributed by atoms with van der Waals surface area (Å²) < 4.78 is 18.0. The van der Waals surface area contributed by atoms with E-state index in [4.69, 9.17) is 4.42 Å². The van der Waals surface area contributed by atoms with Crippen molar-refractivity contribution in [3.05, 3.63) is 65.4 Å². The Morgan fingerprint density at radius 3 is 2.67 bits per heavy atom. The highest BCUT2D eigenvalue weighted by Gasteiger charge is 2.08. The smallest absolute Gasteiger partial charge is 0.244 e. The molecular weight excluding hydrogens is 273 g/mol. The van der Waals surface area contributed by atoms with E-state index in [-0.39, 0.29) is 18.3 Å². The predicted molar refractivity (Wildman–Crippen MR) is 76.8 cm³/mol. The normalized spacial score (nSPS) is 12.5. The Kier molecular flexibility index (Phi) is 4.90. The number of amides is 1. The Morgan fingerprint density at radius 1 is 1.33 bits per heavy atom. The van der Waals surface area contributed by atoms with Gasteiger partial charge in [-0.1, -0.05) is 12.1 Å². The Morgan fingerprint density at radius 2 is 2.05 bits per heavy atom. The molecular formula is C16H16FNO3. The van der Waals surface area contributed by atoms with Gasteiger partial charge in [0.1, 0.15) is 17.3 Å². The van der Waals surface area contributed by atoms with Gasteiger partial charge in [0.05, 0.1) is 6.10 Å². The quantitative estimate of drug-likeness (QED) is 0.832. The van der Waals surface area contributed by atoms with Crippen molar-refractivity contribution in [3.8, 4) is 0 Å². The molecule has 1 unspecified atom stereocenters. The molecule has 0 bridgehead atoms. The summed E-state index contributed by atoms with van der Waals surface area (Å²) in [4.78, 5) is 11.6. The molecule has 1 amide bonds. The van der Waals surface area contributed by atoms with Crippen molar-refractivity contribution in [1.82, 2.24) is 5.32 Å². The van der Waals surface area contributed by atoms with E-state index < -0.39 is 6.10 Å². The van der Waals surface area contributed by atoms with E-state index in [0.717, 1.165) is 5.76 Å². The first-order valence-electron chi connectivity index (χ1n) is 6.50. The van der Waals surface area contributed by atoms with Gasteiger partial charge in [-0.2, -0.15) is 0 Å². The second-order valence-electron chi connectivity index (χ2n) is 4.59. The zero-order valence-electron chi connectivity index (χ0n) is 11.5. The number of benzene rings is 1. The highest BCUT2D eigenvalue weighted by atomic mass is 19.1. The number of aliphatic hydroxyl groups is 1.